The van der Waals surface area contributed by atoms with Crippen LogP contribution in [0.4, 0.5) is 0 Å². The van der Waals surface area contributed by atoms with Gasteiger partial charge in [-0.3, -0.25) is 0 Å². The highest BCUT2D eigenvalue weighted by atomic mass is 32.1. The number of aliphatic hydroxyl groups excluding tert-OH is 1. The Balaban J connectivity index is 2.15. The summed E-state index contributed by atoms with van der Waals surface area (Å²) in [5.74, 6) is 0. The molecule has 0 radical (unpaired) electrons. The molecule has 1 rings (SSSR count). The van der Waals surface area contributed by atoms with Crippen LogP contribution in [0.1, 0.15) is 32.9 Å². The van der Waals surface area contributed by atoms with E-state index >= 15 is 0 Å². The number of hydrogen-bond acceptors (Lipinski definition) is 4. The standard InChI is InChI=1S/C11H20N2OS/c1-11(2,3)4-10(14)6-12-5-9-7-15-8-13-9/h7-8,10,12,14H,4-6H2,1-3H3. The number of rotatable bonds is 5. The Hall–Kier alpha value is -0.450. The lowest BCUT2D eigenvalue weighted by Gasteiger charge is -2.22. The van der Waals surface area contributed by atoms with Gasteiger partial charge < -0.3 is 10.4 Å². The molecule has 86 valence electrons. The molecule has 4 heteroatoms. The van der Waals surface area contributed by atoms with Gasteiger partial charge >= 0.3 is 0 Å². The molecule has 0 aliphatic heterocycles. The average Bonchev–Trinajstić information content (AvgIpc) is 2.53. The molecule has 0 aliphatic carbocycles. The highest BCUT2D eigenvalue weighted by Gasteiger charge is 2.16. The zero-order chi connectivity index (χ0) is 11.3. The molecule has 0 spiro atoms. The second kappa shape index (κ2) is 5.58. The van der Waals surface area contributed by atoms with E-state index in [0.717, 1.165) is 18.7 Å². The van der Waals surface area contributed by atoms with Gasteiger partial charge in [0.2, 0.25) is 0 Å². The summed E-state index contributed by atoms with van der Waals surface area (Å²) in [5, 5.41) is 15.0. The van der Waals surface area contributed by atoms with E-state index in [2.05, 4.69) is 31.1 Å². The van der Waals surface area contributed by atoms with Crippen LogP contribution >= 0.6 is 11.3 Å². The largest absolute Gasteiger partial charge is 0.392 e. The van der Waals surface area contributed by atoms with Gasteiger partial charge in [0.15, 0.2) is 0 Å². The van der Waals surface area contributed by atoms with Crippen LogP contribution in [0.2, 0.25) is 0 Å². The zero-order valence-electron chi connectivity index (χ0n) is 9.66. The molecule has 15 heavy (non-hydrogen) atoms. The first-order valence-electron chi connectivity index (χ1n) is 5.23. The summed E-state index contributed by atoms with van der Waals surface area (Å²) >= 11 is 1.59. The summed E-state index contributed by atoms with van der Waals surface area (Å²) in [4.78, 5) is 4.16. The quantitative estimate of drug-likeness (QED) is 0.810. The van der Waals surface area contributed by atoms with E-state index in [-0.39, 0.29) is 11.5 Å². The molecule has 1 aromatic heterocycles. The van der Waals surface area contributed by atoms with Crippen LogP contribution in [0, 0.1) is 5.41 Å². The Kier molecular flexibility index (Phi) is 4.70. The first-order chi connectivity index (χ1) is 6.97. The number of aromatic nitrogens is 1. The molecule has 0 aliphatic rings. The van der Waals surface area contributed by atoms with Crippen molar-refractivity contribution in [2.45, 2.75) is 39.8 Å². The molecule has 1 heterocycles. The van der Waals surface area contributed by atoms with E-state index in [4.69, 9.17) is 0 Å². The van der Waals surface area contributed by atoms with Gasteiger partial charge in [0, 0.05) is 18.5 Å². The second-order valence-corrected chi connectivity index (χ2v) is 5.75. The van der Waals surface area contributed by atoms with Gasteiger partial charge in [0.05, 0.1) is 17.3 Å². The van der Waals surface area contributed by atoms with Gasteiger partial charge in [-0.2, -0.15) is 0 Å². The van der Waals surface area contributed by atoms with E-state index in [1.807, 2.05) is 10.9 Å². The summed E-state index contributed by atoms with van der Waals surface area (Å²) in [5.41, 5.74) is 3.05. The Bertz CT molecular complexity index is 267. The van der Waals surface area contributed by atoms with Crippen molar-refractivity contribution in [1.82, 2.24) is 10.3 Å². The van der Waals surface area contributed by atoms with Crippen LogP contribution < -0.4 is 5.32 Å². The fourth-order valence-corrected chi connectivity index (χ4v) is 2.03. The molecule has 1 atom stereocenters. The molecule has 3 nitrogen and oxygen atoms in total. The minimum atomic E-state index is -0.274. The topological polar surface area (TPSA) is 45.1 Å². The van der Waals surface area contributed by atoms with Crippen LogP contribution in [0.5, 0.6) is 0 Å². The molecule has 0 fully saturated rings. The zero-order valence-corrected chi connectivity index (χ0v) is 10.5. The second-order valence-electron chi connectivity index (χ2n) is 5.03. The minimum Gasteiger partial charge on any atom is -0.392 e. The van der Waals surface area contributed by atoms with Crippen LogP contribution in [0.15, 0.2) is 10.9 Å². The summed E-state index contributed by atoms with van der Waals surface area (Å²) in [6.45, 7) is 7.78. The SMILES string of the molecule is CC(C)(C)CC(O)CNCc1cscn1. The number of nitrogens with one attached hydrogen (secondary N) is 1. The maximum Gasteiger partial charge on any atom is 0.0795 e. The summed E-state index contributed by atoms with van der Waals surface area (Å²) < 4.78 is 0. The van der Waals surface area contributed by atoms with Crippen LogP contribution in [-0.4, -0.2) is 22.7 Å². The van der Waals surface area contributed by atoms with Gasteiger partial charge in [-0.1, -0.05) is 20.8 Å². The number of thiazole rings is 1. The third-order valence-electron chi connectivity index (χ3n) is 2.02. The number of aliphatic hydroxyl groups is 1. The van der Waals surface area contributed by atoms with Crippen LogP contribution in [0.3, 0.4) is 0 Å². The maximum absolute atomic E-state index is 9.73. The van der Waals surface area contributed by atoms with Crippen molar-refractivity contribution in [3.05, 3.63) is 16.6 Å². The fraction of sp³-hybridized carbons (Fsp3) is 0.727. The molecule has 0 bridgehead atoms. The lowest BCUT2D eigenvalue weighted by Crippen LogP contribution is -2.29. The molecule has 1 aromatic rings. The lowest BCUT2D eigenvalue weighted by atomic mass is 9.89. The van der Waals surface area contributed by atoms with Crippen molar-refractivity contribution in [2.75, 3.05) is 6.54 Å². The highest BCUT2D eigenvalue weighted by Crippen LogP contribution is 2.20. The van der Waals surface area contributed by atoms with Crippen LogP contribution in [-0.2, 0) is 6.54 Å². The summed E-state index contributed by atoms with van der Waals surface area (Å²) in [7, 11) is 0. The predicted molar refractivity (Wildman–Crippen MR) is 63.9 cm³/mol. The first kappa shape index (κ1) is 12.6. The average molecular weight is 228 g/mol. The predicted octanol–water partition coefficient (Wildman–Crippen LogP) is 2.03. The molecule has 0 amide bonds. The van der Waals surface area contributed by atoms with E-state index in [9.17, 15) is 5.11 Å². The van der Waals surface area contributed by atoms with Crippen molar-refractivity contribution in [1.29, 1.82) is 0 Å². The smallest absolute Gasteiger partial charge is 0.0795 e. The molecule has 1 unspecified atom stereocenters. The molecule has 0 saturated heterocycles. The van der Waals surface area contributed by atoms with Crippen molar-refractivity contribution >= 4 is 11.3 Å². The van der Waals surface area contributed by atoms with Crippen molar-refractivity contribution in [2.24, 2.45) is 5.41 Å². The third kappa shape index (κ3) is 5.87. The molecule has 2 N–H and O–H groups in total. The van der Waals surface area contributed by atoms with E-state index in [0.29, 0.717) is 6.54 Å². The van der Waals surface area contributed by atoms with E-state index in [1.54, 1.807) is 11.3 Å². The highest BCUT2D eigenvalue weighted by molar-refractivity contribution is 7.07. The lowest BCUT2D eigenvalue weighted by molar-refractivity contribution is 0.119. The van der Waals surface area contributed by atoms with Gasteiger partial charge in [-0.15, -0.1) is 11.3 Å². The van der Waals surface area contributed by atoms with Gasteiger partial charge in [0.25, 0.3) is 0 Å². The van der Waals surface area contributed by atoms with Crippen molar-refractivity contribution in [3.8, 4) is 0 Å². The van der Waals surface area contributed by atoms with Crippen LogP contribution in [0.25, 0.3) is 0 Å². The Morgan fingerprint density at radius 2 is 2.27 bits per heavy atom. The third-order valence-corrected chi connectivity index (χ3v) is 2.65. The summed E-state index contributed by atoms with van der Waals surface area (Å²) in [6.07, 6.45) is 0.542. The number of hydrogen-bond donors (Lipinski definition) is 2. The van der Waals surface area contributed by atoms with Crippen molar-refractivity contribution < 1.29 is 5.11 Å². The summed E-state index contributed by atoms with van der Waals surface area (Å²) in [6, 6.07) is 0. The monoisotopic (exact) mass is 228 g/mol. The molecule has 0 aromatic carbocycles. The first-order valence-corrected chi connectivity index (χ1v) is 6.17. The van der Waals surface area contributed by atoms with Gasteiger partial charge in [-0.25, -0.2) is 4.98 Å². The minimum absolute atomic E-state index is 0.182. The van der Waals surface area contributed by atoms with E-state index in [1.165, 1.54) is 0 Å². The Morgan fingerprint density at radius 1 is 1.53 bits per heavy atom. The maximum atomic E-state index is 9.73. The van der Waals surface area contributed by atoms with Gasteiger partial charge in [-0.05, 0) is 11.8 Å². The fourth-order valence-electron chi connectivity index (χ4n) is 1.47. The molecular formula is C11H20N2OS. The Morgan fingerprint density at radius 3 is 2.80 bits per heavy atom. The van der Waals surface area contributed by atoms with Crippen molar-refractivity contribution in [3.63, 3.8) is 0 Å². The molecule has 0 saturated carbocycles. The Labute approximate surface area is 95.6 Å². The van der Waals surface area contributed by atoms with Gasteiger partial charge in [0.1, 0.15) is 0 Å². The van der Waals surface area contributed by atoms with E-state index < -0.39 is 0 Å². The normalized spacial score (nSPS) is 14.1. The number of nitrogens with zero attached hydrogens (tertiary/aromatic N) is 1. The molecular weight excluding hydrogens is 208 g/mol.